The Kier molecular flexibility index (Phi) is 4.53. The van der Waals surface area contributed by atoms with Gasteiger partial charge in [-0.15, -0.1) is 0 Å². The third-order valence-electron chi connectivity index (χ3n) is 3.67. The van der Waals surface area contributed by atoms with Gasteiger partial charge in [0.15, 0.2) is 0 Å². The molecular formula is C14H19NO5S. The Hall–Kier alpha value is -1.60. The van der Waals surface area contributed by atoms with Crippen LogP contribution in [0.3, 0.4) is 0 Å². The molecule has 116 valence electrons. The first-order valence-corrected chi connectivity index (χ1v) is 8.18. The molecule has 1 aliphatic rings. The Morgan fingerprint density at radius 3 is 2.76 bits per heavy atom. The van der Waals surface area contributed by atoms with E-state index in [9.17, 15) is 13.2 Å². The second-order valence-corrected chi connectivity index (χ2v) is 7.10. The van der Waals surface area contributed by atoms with Crippen LogP contribution in [0.4, 0.5) is 0 Å². The van der Waals surface area contributed by atoms with Gasteiger partial charge in [0, 0.05) is 13.1 Å². The lowest BCUT2D eigenvalue weighted by atomic mass is 10.0. The second-order valence-electron chi connectivity index (χ2n) is 5.19. The molecule has 1 N–H and O–H groups in total. The monoisotopic (exact) mass is 313 g/mol. The van der Waals surface area contributed by atoms with E-state index < -0.39 is 21.9 Å². The minimum Gasteiger partial charge on any atom is -0.495 e. The van der Waals surface area contributed by atoms with Gasteiger partial charge in [-0.2, -0.15) is 4.31 Å². The molecule has 1 aromatic carbocycles. The predicted molar refractivity (Wildman–Crippen MR) is 76.8 cm³/mol. The van der Waals surface area contributed by atoms with E-state index in [2.05, 4.69) is 0 Å². The van der Waals surface area contributed by atoms with Crippen molar-refractivity contribution in [3.05, 3.63) is 23.8 Å². The number of carboxylic acids is 1. The van der Waals surface area contributed by atoms with Gasteiger partial charge in [-0.25, -0.2) is 8.42 Å². The van der Waals surface area contributed by atoms with Crippen molar-refractivity contribution in [3.8, 4) is 5.75 Å². The van der Waals surface area contributed by atoms with Gasteiger partial charge in [-0.05, 0) is 37.5 Å². The summed E-state index contributed by atoms with van der Waals surface area (Å²) in [5, 5.41) is 9.09. The first-order valence-electron chi connectivity index (χ1n) is 6.74. The highest BCUT2D eigenvalue weighted by molar-refractivity contribution is 7.89. The number of carbonyl (C=O) groups is 1. The smallest absolute Gasteiger partial charge is 0.307 e. The normalized spacial score (nSPS) is 20.2. The highest BCUT2D eigenvalue weighted by Crippen LogP contribution is 2.30. The molecule has 21 heavy (non-hydrogen) atoms. The Bertz CT molecular complexity index is 641. The third-order valence-corrected chi connectivity index (χ3v) is 5.56. The van der Waals surface area contributed by atoms with Crippen LogP contribution in [0.15, 0.2) is 23.1 Å². The Balaban J connectivity index is 2.38. The number of aryl methyl sites for hydroxylation is 1. The van der Waals surface area contributed by atoms with E-state index in [1.54, 1.807) is 25.1 Å². The van der Waals surface area contributed by atoms with Crippen molar-refractivity contribution in [2.45, 2.75) is 24.7 Å². The lowest BCUT2D eigenvalue weighted by Crippen LogP contribution is -2.42. The van der Waals surface area contributed by atoms with Gasteiger partial charge < -0.3 is 9.84 Å². The van der Waals surface area contributed by atoms with Gasteiger partial charge in [0.05, 0.1) is 13.0 Å². The molecular weight excluding hydrogens is 294 g/mol. The molecule has 7 heteroatoms. The van der Waals surface area contributed by atoms with Crippen molar-refractivity contribution in [1.82, 2.24) is 4.31 Å². The number of ether oxygens (including phenoxy) is 1. The van der Waals surface area contributed by atoms with Crippen molar-refractivity contribution >= 4 is 16.0 Å². The minimum atomic E-state index is -3.75. The molecule has 1 heterocycles. The fourth-order valence-electron chi connectivity index (χ4n) is 2.49. The molecule has 1 atom stereocenters. The number of rotatable bonds is 4. The summed E-state index contributed by atoms with van der Waals surface area (Å²) in [4.78, 5) is 11.2. The van der Waals surface area contributed by atoms with Crippen LogP contribution in [0.1, 0.15) is 18.4 Å². The lowest BCUT2D eigenvalue weighted by Gasteiger charge is -2.30. The van der Waals surface area contributed by atoms with E-state index in [1.165, 1.54) is 11.4 Å². The summed E-state index contributed by atoms with van der Waals surface area (Å²) in [6, 6.07) is 4.94. The van der Waals surface area contributed by atoms with Crippen LogP contribution in [-0.4, -0.2) is 44.0 Å². The van der Waals surface area contributed by atoms with Gasteiger partial charge in [0.2, 0.25) is 10.0 Å². The summed E-state index contributed by atoms with van der Waals surface area (Å²) in [6.07, 6.45) is 1.05. The van der Waals surface area contributed by atoms with Crippen LogP contribution < -0.4 is 4.74 Å². The first kappa shape index (κ1) is 15.8. The van der Waals surface area contributed by atoms with Crippen LogP contribution in [0.25, 0.3) is 0 Å². The standard InChI is InChI=1S/C14H19NO5S/c1-10-5-6-12(20-2)13(8-10)21(18,19)15-7-3-4-11(9-15)14(16)17/h5-6,8,11H,3-4,7,9H2,1-2H3,(H,16,17)/t11-/m0/s1. The van der Waals surface area contributed by atoms with Crippen molar-refractivity contribution in [3.63, 3.8) is 0 Å². The van der Waals surface area contributed by atoms with Crippen LogP contribution in [0, 0.1) is 12.8 Å². The summed E-state index contributed by atoms with van der Waals surface area (Å²) in [5.41, 5.74) is 0.807. The fraction of sp³-hybridized carbons (Fsp3) is 0.500. The van der Waals surface area contributed by atoms with Crippen molar-refractivity contribution < 1.29 is 23.1 Å². The maximum absolute atomic E-state index is 12.7. The molecule has 0 amide bonds. The molecule has 2 rings (SSSR count). The molecule has 0 unspecified atom stereocenters. The van der Waals surface area contributed by atoms with E-state index in [1.807, 2.05) is 0 Å². The summed E-state index contributed by atoms with van der Waals surface area (Å²) < 4.78 is 31.9. The Morgan fingerprint density at radius 1 is 1.43 bits per heavy atom. The van der Waals surface area contributed by atoms with Crippen LogP contribution >= 0.6 is 0 Å². The van der Waals surface area contributed by atoms with Crippen molar-refractivity contribution in [1.29, 1.82) is 0 Å². The molecule has 0 aliphatic carbocycles. The third kappa shape index (κ3) is 3.19. The first-order chi connectivity index (χ1) is 9.86. The molecule has 1 fully saturated rings. The fourth-order valence-corrected chi connectivity index (χ4v) is 4.25. The molecule has 0 saturated carbocycles. The number of piperidine rings is 1. The number of aliphatic carboxylic acids is 1. The van der Waals surface area contributed by atoms with E-state index >= 15 is 0 Å². The SMILES string of the molecule is COc1ccc(C)cc1S(=O)(=O)N1CCC[C@H](C(=O)O)C1. The number of nitrogens with zero attached hydrogens (tertiary/aromatic N) is 1. The highest BCUT2D eigenvalue weighted by atomic mass is 32.2. The molecule has 1 aromatic rings. The van der Waals surface area contributed by atoms with Crippen LogP contribution in [0.2, 0.25) is 0 Å². The molecule has 1 aliphatic heterocycles. The van der Waals surface area contributed by atoms with E-state index in [4.69, 9.17) is 9.84 Å². The number of hydrogen-bond acceptors (Lipinski definition) is 4. The number of carboxylic acid groups (broad SMARTS) is 1. The Labute approximate surface area is 124 Å². The topological polar surface area (TPSA) is 83.9 Å². The van der Waals surface area contributed by atoms with Crippen molar-refractivity contribution in [2.75, 3.05) is 20.2 Å². The summed E-state index contributed by atoms with van der Waals surface area (Å²) >= 11 is 0. The average Bonchev–Trinajstić information content (AvgIpc) is 2.47. The number of benzene rings is 1. The van der Waals surface area contributed by atoms with Crippen LogP contribution in [-0.2, 0) is 14.8 Å². The predicted octanol–water partition coefficient (Wildman–Crippen LogP) is 1.49. The second kappa shape index (κ2) is 6.03. The van der Waals surface area contributed by atoms with Gasteiger partial charge in [-0.3, -0.25) is 4.79 Å². The lowest BCUT2D eigenvalue weighted by molar-refractivity contribution is -0.142. The average molecular weight is 313 g/mol. The molecule has 1 saturated heterocycles. The molecule has 0 spiro atoms. The highest BCUT2D eigenvalue weighted by Gasteiger charge is 2.34. The molecule has 0 aromatic heterocycles. The van der Waals surface area contributed by atoms with E-state index in [-0.39, 0.29) is 17.2 Å². The van der Waals surface area contributed by atoms with Gasteiger partial charge >= 0.3 is 5.97 Å². The molecule has 6 nitrogen and oxygen atoms in total. The van der Waals surface area contributed by atoms with Crippen molar-refractivity contribution in [2.24, 2.45) is 5.92 Å². The van der Waals surface area contributed by atoms with Gasteiger partial charge in [0.25, 0.3) is 0 Å². The summed E-state index contributed by atoms with van der Waals surface area (Å²) in [7, 11) is -2.33. The largest absolute Gasteiger partial charge is 0.495 e. The summed E-state index contributed by atoms with van der Waals surface area (Å²) in [5.74, 6) is -1.33. The number of hydrogen-bond donors (Lipinski definition) is 1. The minimum absolute atomic E-state index is 0.00869. The van der Waals surface area contributed by atoms with Gasteiger partial charge in [-0.1, -0.05) is 6.07 Å². The molecule has 0 bridgehead atoms. The maximum Gasteiger partial charge on any atom is 0.307 e. The summed E-state index contributed by atoms with van der Waals surface area (Å²) in [6.45, 7) is 2.15. The number of methoxy groups -OCH3 is 1. The number of sulfonamides is 1. The van der Waals surface area contributed by atoms with E-state index in [0.717, 1.165) is 5.56 Å². The Morgan fingerprint density at radius 2 is 2.14 bits per heavy atom. The zero-order chi connectivity index (χ0) is 15.6. The zero-order valence-electron chi connectivity index (χ0n) is 12.1. The maximum atomic E-state index is 12.7. The zero-order valence-corrected chi connectivity index (χ0v) is 12.9. The van der Waals surface area contributed by atoms with E-state index in [0.29, 0.717) is 19.4 Å². The quantitative estimate of drug-likeness (QED) is 0.910. The molecule has 0 radical (unpaired) electrons. The van der Waals surface area contributed by atoms with Gasteiger partial charge in [0.1, 0.15) is 10.6 Å². The van der Waals surface area contributed by atoms with Crippen LogP contribution in [0.5, 0.6) is 5.75 Å².